The summed E-state index contributed by atoms with van der Waals surface area (Å²) in [4.78, 5) is 51.1. The van der Waals surface area contributed by atoms with E-state index in [0.29, 0.717) is 31.8 Å². The molecule has 2 aromatic carbocycles. The molecule has 0 heterocycles. The second kappa shape index (κ2) is 17.8. The third kappa shape index (κ3) is 14.6. The van der Waals surface area contributed by atoms with E-state index in [9.17, 15) is 19.2 Å². The number of amides is 3. The van der Waals surface area contributed by atoms with Crippen LogP contribution in [0.4, 0.5) is 4.79 Å². The first-order valence-electron chi connectivity index (χ1n) is 16.8. The van der Waals surface area contributed by atoms with E-state index in [0.717, 1.165) is 42.4 Å². The Hall–Kier alpha value is -3.92. The third-order valence-electron chi connectivity index (χ3n) is 8.05. The number of alkyl carbamates (subject to hydrolysis) is 1. The number of carbonyl (C=O) groups excluding carboxylic acids is 4. The first-order valence-corrected chi connectivity index (χ1v) is 16.8. The molecule has 10 nitrogen and oxygen atoms in total. The molecular formula is C37H54N4O6. The molecule has 0 unspecified atom stereocenters. The molecule has 1 saturated carbocycles. The Labute approximate surface area is 280 Å². The Morgan fingerprint density at radius 2 is 1.34 bits per heavy atom. The molecule has 1 aliphatic carbocycles. The molecular weight excluding hydrogens is 596 g/mol. The maximum Gasteiger partial charge on any atom is 0.407 e. The summed E-state index contributed by atoms with van der Waals surface area (Å²) >= 11 is 0. The fourth-order valence-corrected chi connectivity index (χ4v) is 5.74. The Bertz CT molecular complexity index is 1300. The van der Waals surface area contributed by atoms with E-state index >= 15 is 0 Å². The SMILES string of the molecule is CC(=O)OC(C)(C)CN[C@H](CC1CCCCC1)C(=O)N[C@@H](Cc1ccccc1)C(=O)NCc1ccc(CNC(=O)OC(C)(C)C)cc1. The number of carbonyl (C=O) groups is 4. The zero-order chi connectivity index (χ0) is 34.5. The lowest BCUT2D eigenvalue weighted by molar-refractivity contribution is -0.153. The monoisotopic (exact) mass is 650 g/mol. The van der Waals surface area contributed by atoms with E-state index in [1.165, 1.54) is 13.3 Å². The predicted octanol–water partition coefficient (Wildman–Crippen LogP) is 5.33. The van der Waals surface area contributed by atoms with Gasteiger partial charge in [0, 0.05) is 33.0 Å². The van der Waals surface area contributed by atoms with Gasteiger partial charge in [0.15, 0.2) is 0 Å². The second-order valence-electron chi connectivity index (χ2n) is 14.2. The van der Waals surface area contributed by atoms with Crippen LogP contribution >= 0.6 is 0 Å². The molecule has 10 heteroatoms. The van der Waals surface area contributed by atoms with E-state index in [1.807, 2.05) is 89.2 Å². The largest absolute Gasteiger partial charge is 0.458 e. The van der Waals surface area contributed by atoms with E-state index < -0.39 is 29.4 Å². The molecule has 47 heavy (non-hydrogen) atoms. The highest BCUT2D eigenvalue weighted by atomic mass is 16.6. The standard InChI is InChI=1S/C37H54N4O6/c1-26(42)46-37(5,6)25-40-31(21-27-13-9-7-10-14-27)34(44)41-32(22-28-15-11-8-12-16-28)33(43)38-23-29-17-19-30(20-18-29)24-39-35(45)47-36(2,3)4/h8,11-12,15-20,27,31-32,40H,7,9-10,13-14,21-25H2,1-6H3,(H,38,43)(H,39,45)(H,41,44)/t31-,32+/m1/s1. The zero-order valence-corrected chi connectivity index (χ0v) is 28.9. The number of hydrogen-bond donors (Lipinski definition) is 4. The van der Waals surface area contributed by atoms with Crippen LogP contribution in [-0.4, -0.2) is 53.7 Å². The first-order chi connectivity index (χ1) is 22.2. The average Bonchev–Trinajstić information content (AvgIpc) is 3.00. The van der Waals surface area contributed by atoms with Crippen LogP contribution in [0.1, 0.15) is 96.8 Å². The van der Waals surface area contributed by atoms with Gasteiger partial charge in [0.1, 0.15) is 17.2 Å². The van der Waals surface area contributed by atoms with Crippen molar-refractivity contribution in [3.05, 3.63) is 71.3 Å². The molecule has 0 spiro atoms. The Morgan fingerprint density at radius 1 is 0.745 bits per heavy atom. The highest BCUT2D eigenvalue weighted by Gasteiger charge is 2.31. The molecule has 2 atom stereocenters. The van der Waals surface area contributed by atoms with E-state index in [-0.39, 0.29) is 24.3 Å². The second-order valence-corrected chi connectivity index (χ2v) is 14.2. The predicted molar refractivity (Wildman–Crippen MR) is 182 cm³/mol. The summed E-state index contributed by atoms with van der Waals surface area (Å²) in [6, 6.07) is 15.9. The van der Waals surface area contributed by atoms with Gasteiger partial charge in [-0.05, 0) is 63.6 Å². The van der Waals surface area contributed by atoms with Gasteiger partial charge in [0.25, 0.3) is 0 Å². The normalized spacial score (nSPS) is 15.2. The molecule has 1 fully saturated rings. The van der Waals surface area contributed by atoms with Crippen molar-refractivity contribution >= 4 is 23.9 Å². The van der Waals surface area contributed by atoms with Gasteiger partial charge in [0.05, 0.1) is 6.04 Å². The van der Waals surface area contributed by atoms with Crippen molar-refractivity contribution in [2.45, 2.75) is 123 Å². The highest BCUT2D eigenvalue weighted by Crippen LogP contribution is 2.27. The van der Waals surface area contributed by atoms with Crippen LogP contribution in [-0.2, 0) is 43.4 Å². The van der Waals surface area contributed by atoms with Crippen molar-refractivity contribution in [2.24, 2.45) is 5.92 Å². The van der Waals surface area contributed by atoms with Crippen molar-refractivity contribution in [3.8, 4) is 0 Å². The quantitative estimate of drug-likeness (QED) is 0.192. The fraction of sp³-hybridized carbons (Fsp3) is 0.568. The van der Waals surface area contributed by atoms with Gasteiger partial charge in [-0.1, -0.05) is 86.7 Å². The van der Waals surface area contributed by atoms with Crippen molar-refractivity contribution in [1.82, 2.24) is 21.3 Å². The Kier molecular flexibility index (Phi) is 14.3. The highest BCUT2D eigenvalue weighted by molar-refractivity contribution is 5.90. The van der Waals surface area contributed by atoms with E-state index in [2.05, 4.69) is 21.3 Å². The number of esters is 1. The number of benzene rings is 2. The molecule has 0 aliphatic heterocycles. The lowest BCUT2D eigenvalue weighted by Gasteiger charge is -2.31. The summed E-state index contributed by atoms with van der Waals surface area (Å²) in [5.74, 6) is -0.494. The summed E-state index contributed by atoms with van der Waals surface area (Å²) in [7, 11) is 0. The first kappa shape index (κ1) is 37.5. The summed E-state index contributed by atoms with van der Waals surface area (Å²) in [5.41, 5.74) is 1.35. The molecule has 3 rings (SSSR count). The maximum atomic E-state index is 13.9. The number of rotatable bonds is 15. The van der Waals surface area contributed by atoms with Crippen LogP contribution in [0.5, 0.6) is 0 Å². The van der Waals surface area contributed by atoms with Crippen LogP contribution in [0.15, 0.2) is 54.6 Å². The van der Waals surface area contributed by atoms with Crippen molar-refractivity contribution in [3.63, 3.8) is 0 Å². The van der Waals surface area contributed by atoms with Crippen molar-refractivity contribution in [2.75, 3.05) is 6.54 Å². The molecule has 2 aromatic rings. The van der Waals surface area contributed by atoms with Crippen LogP contribution in [0.3, 0.4) is 0 Å². The van der Waals surface area contributed by atoms with Gasteiger partial charge in [-0.2, -0.15) is 0 Å². The number of hydrogen-bond acceptors (Lipinski definition) is 7. The minimum absolute atomic E-state index is 0.243. The zero-order valence-electron chi connectivity index (χ0n) is 28.9. The molecule has 0 aromatic heterocycles. The van der Waals surface area contributed by atoms with Gasteiger partial charge < -0.3 is 30.7 Å². The summed E-state index contributed by atoms with van der Waals surface area (Å²) in [6.45, 7) is 11.3. The average molecular weight is 651 g/mol. The minimum atomic E-state index is -0.793. The summed E-state index contributed by atoms with van der Waals surface area (Å²) < 4.78 is 10.7. The molecule has 0 radical (unpaired) electrons. The van der Waals surface area contributed by atoms with Gasteiger partial charge >= 0.3 is 12.1 Å². The Morgan fingerprint density at radius 3 is 1.91 bits per heavy atom. The molecule has 0 bridgehead atoms. The van der Waals surface area contributed by atoms with Gasteiger partial charge in [-0.3, -0.25) is 14.4 Å². The summed E-state index contributed by atoms with van der Waals surface area (Å²) in [6.07, 6.45) is 6.16. The van der Waals surface area contributed by atoms with Gasteiger partial charge in [-0.15, -0.1) is 0 Å². The lowest BCUT2D eigenvalue weighted by atomic mass is 9.84. The Balaban J connectivity index is 1.67. The van der Waals surface area contributed by atoms with Crippen molar-refractivity contribution in [1.29, 1.82) is 0 Å². The van der Waals surface area contributed by atoms with E-state index in [4.69, 9.17) is 9.47 Å². The molecule has 0 saturated heterocycles. The van der Waals surface area contributed by atoms with Crippen LogP contribution in [0.25, 0.3) is 0 Å². The third-order valence-corrected chi connectivity index (χ3v) is 8.05. The minimum Gasteiger partial charge on any atom is -0.458 e. The van der Waals surface area contributed by atoms with Gasteiger partial charge in [0.2, 0.25) is 11.8 Å². The van der Waals surface area contributed by atoms with Crippen LogP contribution < -0.4 is 21.3 Å². The molecule has 1 aliphatic rings. The van der Waals surface area contributed by atoms with Crippen molar-refractivity contribution < 1.29 is 28.7 Å². The fourth-order valence-electron chi connectivity index (χ4n) is 5.74. The number of ether oxygens (including phenoxy) is 2. The molecule has 3 amide bonds. The van der Waals surface area contributed by atoms with E-state index in [1.54, 1.807) is 0 Å². The number of nitrogens with one attached hydrogen (secondary N) is 4. The summed E-state index contributed by atoms with van der Waals surface area (Å²) in [5, 5.41) is 12.1. The van der Waals surface area contributed by atoms with Crippen LogP contribution in [0, 0.1) is 5.92 Å². The smallest absolute Gasteiger partial charge is 0.407 e. The maximum absolute atomic E-state index is 13.9. The van der Waals surface area contributed by atoms with Crippen LogP contribution in [0.2, 0.25) is 0 Å². The lowest BCUT2D eigenvalue weighted by Crippen LogP contribution is -2.55. The molecule has 258 valence electrons. The molecule has 4 N–H and O–H groups in total. The van der Waals surface area contributed by atoms with Gasteiger partial charge in [-0.25, -0.2) is 4.79 Å². The topological polar surface area (TPSA) is 135 Å².